The lowest BCUT2D eigenvalue weighted by Gasteiger charge is -2.23. The average Bonchev–Trinajstić information content (AvgIpc) is 2.69. The predicted molar refractivity (Wildman–Crippen MR) is 120 cm³/mol. The van der Waals surface area contributed by atoms with Gasteiger partial charge in [-0.25, -0.2) is 0 Å². The lowest BCUT2D eigenvalue weighted by atomic mass is 9.98. The monoisotopic (exact) mass is 426 g/mol. The first-order valence-electron chi connectivity index (χ1n) is 9.52. The Morgan fingerprint density at radius 3 is 2.43 bits per heavy atom. The zero-order valence-electron chi connectivity index (χ0n) is 16.7. The first kappa shape index (κ1) is 24.6. The van der Waals surface area contributed by atoms with Crippen LogP contribution in [0.2, 0.25) is 0 Å². The number of ether oxygens (including phenoxy) is 2. The molecule has 1 fully saturated rings. The van der Waals surface area contributed by atoms with Gasteiger partial charge in [0.05, 0.1) is 7.11 Å². The van der Waals surface area contributed by atoms with Crippen molar-refractivity contribution in [2.75, 3.05) is 26.7 Å². The highest BCUT2D eigenvalue weighted by Crippen LogP contribution is 2.32. The number of piperidine rings is 1. The Morgan fingerprint density at radius 1 is 1.04 bits per heavy atom. The Labute approximate surface area is 181 Å². The van der Waals surface area contributed by atoms with Gasteiger partial charge in [-0.2, -0.15) is 0 Å². The second kappa shape index (κ2) is 12.9. The van der Waals surface area contributed by atoms with Crippen molar-refractivity contribution in [3.63, 3.8) is 0 Å². The van der Waals surface area contributed by atoms with Crippen LogP contribution in [0.25, 0.3) is 0 Å². The summed E-state index contributed by atoms with van der Waals surface area (Å²) < 4.78 is 11.7. The van der Waals surface area contributed by atoms with E-state index < -0.39 is 0 Å². The molecule has 0 atom stereocenters. The maximum Gasteiger partial charge on any atom is 0.166 e. The highest BCUT2D eigenvalue weighted by atomic mass is 35.5. The highest BCUT2D eigenvalue weighted by molar-refractivity contribution is 5.85. The van der Waals surface area contributed by atoms with E-state index in [-0.39, 0.29) is 24.8 Å². The Kier molecular flexibility index (Phi) is 11.3. The van der Waals surface area contributed by atoms with E-state index in [1.807, 2.05) is 12.1 Å². The molecule has 0 aromatic heterocycles. The lowest BCUT2D eigenvalue weighted by Crippen LogP contribution is -2.33. The fraction of sp³-hybridized carbons (Fsp3) is 0.455. The Balaban J connectivity index is 0.00000196. The molecule has 0 aliphatic carbocycles. The molecule has 156 valence electrons. The van der Waals surface area contributed by atoms with Crippen LogP contribution < -0.4 is 20.1 Å². The van der Waals surface area contributed by atoms with Crippen LogP contribution in [0.3, 0.4) is 0 Å². The molecule has 4 nitrogen and oxygen atoms in total. The first-order valence-corrected chi connectivity index (χ1v) is 9.52. The summed E-state index contributed by atoms with van der Waals surface area (Å²) in [5.74, 6) is 2.39. The third-order valence-corrected chi connectivity index (χ3v) is 4.99. The van der Waals surface area contributed by atoms with E-state index in [0.29, 0.717) is 6.61 Å². The molecule has 0 spiro atoms. The Morgan fingerprint density at radius 2 is 1.75 bits per heavy atom. The second-order valence-corrected chi connectivity index (χ2v) is 7.05. The molecule has 0 amide bonds. The zero-order valence-corrected chi connectivity index (χ0v) is 18.3. The van der Waals surface area contributed by atoms with Gasteiger partial charge in [0.15, 0.2) is 11.5 Å². The van der Waals surface area contributed by atoms with E-state index in [1.54, 1.807) is 7.11 Å². The molecule has 3 rings (SSSR count). The van der Waals surface area contributed by atoms with Crippen molar-refractivity contribution in [1.29, 1.82) is 0 Å². The number of para-hydroxylation sites is 1. The fourth-order valence-corrected chi connectivity index (χ4v) is 3.36. The van der Waals surface area contributed by atoms with Crippen molar-refractivity contribution in [3.8, 4) is 11.5 Å². The van der Waals surface area contributed by atoms with Crippen molar-refractivity contribution in [3.05, 3.63) is 59.2 Å². The molecule has 2 aromatic rings. The molecule has 6 heteroatoms. The fourth-order valence-electron chi connectivity index (χ4n) is 3.36. The minimum absolute atomic E-state index is 0. The van der Waals surface area contributed by atoms with E-state index in [9.17, 15) is 0 Å². The number of benzene rings is 2. The molecule has 1 saturated heterocycles. The van der Waals surface area contributed by atoms with E-state index in [1.165, 1.54) is 18.4 Å². The number of methoxy groups -OCH3 is 1. The molecule has 2 N–H and O–H groups in total. The second-order valence-electron chi connectivity index (χ2n) is 7.05. The molecule has 0 bridgehead atoms. The van der Waals surface area contributed by atoms with E-state index >= 15 is 0 Å². The average molecular weight is 427 g/mol. The van der Waals surface area contributed by atoms with Gasteiger partial charge in [-0.1, -0.05) is 42.0 Å². The molecular weight excluding hydrogens is 395 g/mol. The number of halogens is 2. The van der Waals surface area contributed by atoms with Gasteiger partial charge in [0.25, 0.3) is 0 Å². The van der Waals surface area contributed by atoms with E-state index in [4.69, 9.17) is 9.47 Å². The summed E-state index contributed by atoms with van der Waals surface area (Å²) in [6.07, 6.45) is 2.50. The minimum atomic E-state index is 0. The van der Waals surface area contributed by atoms with Crippen molar-refractivity contribution < 1.29 is 9.47 Å². The van der Waals surface area contributed by atoms with Crippen LogP contribution in [-0.2, 0) is 13.2 Å². The minimum Gasteiger partial charge on any atom is -0.493 e. The van der Waals surface area contributed by atoms with Gasteiger partial charge in [0, 0.05) is 12.1 Å². The molecule has 28 heavy (non-hydrogen) atoms. The maximum absolute atomic E-state index is 6.15. The first-order chi connectivity index (χ1) is 12.8. The highest BCUT2D eigenvalue weighted by Gasteiger charge is 2.14. The topological polar surface area (TPSA) is 42.5 Å². The standard InChI is InChI=1S/C22H30N2O2.2ClH/c1-17-6-8-19(9-7-17)16-26-22-20(4-3-5-21(22)25-2)15-24-14-18-10-12-23-13-11-18;;/h3-9,18,23-24H,10-16H2,1-2H3;2*1H. The molecule has 0 unspecified atom stereocenters. The van der Waals surface area contributed by atoms with Crippen LogP contribution in [0.1, 0.15) is 29.5 Å². The normalized spacial score (nSPS) is 13.9. The quantitative estimate of drug-likeness (QED) is 0.651. The molecule has 1 aliphatic rings. The summed E-state index contributed by atoms with van der Waals surface area (Å²) in [7, 11) is 1.69. The number of rotatable bonds is 8. The van der Waals surface area contributed by atoms with Gasteiger partial charge < -0.3 is 20.1 Å². The third kappa shape index (κ3) is 7.17. The summed E-state index contributed by atoms with van der Waals surface area (Å²) in [4.78, 5) is 0. The summed E-state index contributed by atoms with van der Waals surface area (Å²) in [5.41, 5.74) is 3.56. The number of hydrogen-bond donors (Lipinski definition) is 2. The Hall–Kier alpha value is -1.46. The molecule has 2 aromatic carbocycles. The summed E-state index contributed by atoms with van der Waals surface area (Å²) >= 11 is 0. The van der Waals surface area contributed by atoms with Crippen LogP contribution in [0.4, 0.5) is 0 Å². The van der Waals surface area contributed by atoms with Crippen LogP contribution in [0.5, 0.6) is 11.5 Å². The van der Waals surface area contributed by atoms with Gasteiger partial charge >= 0.3 is 0 Å². The Bertz CT molecular complexity index is 689. The summed E-state index contributed by atoms with van der Waals surface area (Å²) in [5, 5.41) is 7.02. The zero-order chi connectivity index (χ0) is 18.2. The van der Waals surface area contributed by atoms with Gasteiger partial charge in [0.1, 0.15) is 6.61 Å². The molecule has 1 heterocycles. The SMILES string of the molecule is COc1cccc(CNCC2CCNCC2)c1OCc1ccc(C)cc1.Cl.Cl. The van der Waals surface area contributed by atoms with Gasteiger partial charge in [0.2, 0.25) is 0 Å². The maximum atomic E-state index is 6.15. The van der Waals surface area contributed by atoms with Gasteiger partial charge in [-0.15, -0.1) is 24.8 Å². The summed E-state index contributed by atoms with van der Waals surface area (Å²) in [6, 6.07) is 14.5. The van der Waals surface area contributed by atoms with Gasteiger partial charge in [-0.05, 0) is 56.9 Å². The van der Waals surface area contributed by atoms with Crippen LogP contribution >= 0.6 is 24.8 Å². The number of nitrogens with one attached hydrogen (secondary N) is 2. The smallest absolute Gasteiger partial charge is 0.166 e. The number of aryl methyl sites for hydroxylation is 1. The third-order valence-electron chi connectivity index (χ3n) is 4.99. The van der Waals surface area contributed by atoms with Crippen LogP contribution in [0.15, 0.2) is 42.5 Å². The van der Waals surface area contributed by atoms with E-state index in [0.717, 1.165) is 54.7 Å². The molecule has 1 aliphatic heterocycles. The lowest BCUT2D eigenvalue weighted by molar-refractivity contribution is 0.280. The largest absolute Gasteiger partial charge is 0.493 e. The number of hydrogen-bond acceptors (Lipinski definition) is 4. The van der Waals surface area contributed by atoms with Crippen molar-refractivity contribution in [2.24, 2.45) is 5.92 Å². The van der Waals surface area contributed by atoms with Crippen molar-refractivity contribution in [1.82, 2.24) is 10.6 Å². The predicted octanol–water partition coefficient (Wildman–Crippen LogP) is 4.52. The van der Waals surface area contributed by atoms with Crippen molar-refractivity contribution >= 4 is 24.8 Å². The molecule has 0 radical (unpaired) electrons. The van der Waals surface area contributed by atoms with Crippen molar-refractivity contribution in [2.45, 2.75) is 32.9 Å². The van der Waals surface area contributed by atoms with Crippen LogP contribution in [-0.4, -0.2) is 26.7 Å². The molecular formula is C22H32Cl2N2O2. The molecule has 0 saturated carbocycles. The summed E-state index contributed by atoms with van der Waals surface area (Å²) in [6.45, 7) is 6.76. The van der Waals surface area contributed by atoms with Gasteiger partial charge in [-0.3, -0.25) is 0 Å². The van der Waals surface area contributed by atoms with E-state index in [2.05, 4.69) is 47.9 Å². The van der Waals surface area contributed by atoms with Crippen LogP contribution in [0, 0.1) is 12.8 Å².